The van der Waals surface area contributed by atoms with Crippen LogP contribution in [-0.2, 0) is 4.79 Å². The molecule has 1 aromatic carbocycles. The van der Waals surface area contributed by atoms with Crippen molar-refractivity contribution >= 4 is 35.2 Å². The summed E-state index contributed by atoms with van der Waals surface area (Å²) in [7, 11) is 0. The van der Waals surface area contributed by atoms with Crippen molar-refractivity contribution in [3.63, 3.8) is 0 Å². The maximum absolute atomic E-state index is 11.9. The lowest BCUT2D eigenvalue weighted by Crippen LogP contribution is -2.13. The molecule has 0 saturated carbocycles. The van der Waals surface area contributed by atoms with Gasteiger partial charge in [0.25, 0.3) is 5.91 Å². The van der Waals surface area contributed by atoms with Crippen molar-refractivity contribution in [2.24, 2.45) is 0 Å². The number of carboxylic acid groups (broad SMARTS) is 1. The van der Waals surface area contributed by atoms with Crippen LogP contribution in [0, 0.1) is 11.3 Å². The normalized spacial score (nSPS) is 10.7. The molecule has 0 fully saturated rings. The molecular weight excluding hydrogens is 292 g/mol. The van der Waals surface area contributed by atoms with Crippen molar-refractivity contribution in [2.75, 3.05) is 5.32 Å². The number of aromatic nitrogens is 2. The number of nitriles is 1. The van der Waals surface area contributed by atoms with Crippen molar-refractivity contribution in [3.05, 3.63) is 46.5 Å². The second kappa shape index (κ2) is 6.40. The van der Waals surface area contributed by atoms with Crippen LogP contribution in [0.25, 0.3) is 6.08 Å². The lowest BCUT2D eigenvalue weighted by Gasteiger charge is -2.04. The molecule has 0 aliphatic heterocycles. The molecule has 0 bridgehead atoms. The Kier molecular flexibility index (Phi) is 4.38. The van der Waals surface area contributed by atoms with Crippen LogP contribution >= 0.6 is 11.5 Å². The summed E-state index contributed by atoms with van der Waals surface area (Å²) in [5.41, 5.74) is 0.804. The van der Waals surface area contributed by atoms with Crippen LogP contribution in [0.5, 0.6) is 0 Å². The molecule has 7 nitrogen and oxygen atoms in total. The first-order valence-electron chi connectivity index (χ1n) is 5.63. The lowest BCUT2D eigenvalue weighted by atomic mass is 10.2. The van der Waals surface area contributed by atoms with E-state index in [1.165, 1.54) is 30.3 Å². The van der Waals surface area contributed by atoms with E-state index in [4.69, 9.17) is 10.4 Å². The summed E-state index contributed by atoms with van der Waals surface area (Å²) in [6.45, 7) is 0. The quantitative estimate of drug-likeness (QED) is 0.656. The summed E-state index contributed by atoms with van der Waals surface area (Å²) in [5, 5.41) is 25.6. The number of anilines is 1. The van der Waals surface area contributed by atoms with Crippen molar-refractivity contribution in [3.8, 4) is 6.07 Å². The van der Waals surface area contributed by atoms with Crippen LogP contribution in [0.2, 0.25) is 0 Å². The second-order valence-corrected chi connectivity index (χ2v) is 4.45. The number of aromatic carboxylic acids is 1. The summed E-state index contributed by atoms with van der Waals surface area (Å²) in [4.78, 5) is 22.6. The smallest absolute Gasteiger partial charge is 0.335 e. The summed E-state index contributed by atoms with van der Waals surface area (Å²) in [6, 6.07) is 7.39. The third kappa shape index (κ3) is 3.71. The molecule has 0 spiro atoms. The number of hydrogen-bond donors (Lipinski definition) is 2. The Labute approximate surface area is 123 Å². The van der Waals surface area contributed by atoms with Gasteiger partial charge in [0, 0.05) is 11.1 Å². The Hall–Kier alpha value is -3.05. The van der Waals surface area contributed by atoms with Gasteiger partial charge in [-0.05, 0) is 41.9 Å². The van der Waals surface area contributed by atoms with Gasteiger partial charge in [0.05, 0.1) is 11.3 Å². The Morgan fingerprint density at radius 2 is 2.05 bits per heavy atom. The van der Waals surface area contributed by atoms with Crippen LogP contribution in [0.15, 0.2) is 35.2 Å². The minimum absolute atomic E-state index is 0.109. The standard InChI is InChI=1S/C13H8N4O3S/c14-6-9(5-11-7-21-17-16-11)12(18)15-10-3-1-8(2-4-10)13(19)20/h1-5,7H,(H,15,18)(H,19,20)/b9-5+. The molecule has 1 aromatic heterocycles. The molecule has 21 heavy (non-hydrogen) atoms. The summed E-state index contributed by atoms with van der Waals surface area (Å²) in [6.07, 6.45) is 1.32. The zero-order chi connectivity index (χ0) is 15.2. The van der Waals surface area contributed by atoms with Gasteiger partial charge in [0.15, 0.2) is 0 Å². The van der Waals surface area contributed by atoms with Gasteiger partial charge in [-0.15, -0.1) is 5.10 Å². The summed E-state index contributed by atoms with van der Waals surface area (Å²) in [5.74, 6) is -1.66. The van der Waals surface area contributed by atoms with Gasteiger partial charge < -0.3 is 10.4 Å². The van der Waals surface area contributed by atoms with E-state index in [1.807, 2.05) is 0 Å². The number of carboxylic acids is 1. The third-order valence-electron chi connectivity index (χ3n) is 2.42. The monoisotopic (exact) mass is 300 g/mol. The van der Waals surface area contributed by atoms with Gasteiger partial charge in [-0.1, -0.05) is 4.49 Å². The number of nitrogens with zero attached hydrogens (tertiary/aromatic N) is 3. The SMILES string of the molecule is N#C/C(=C\c1csnn1)C(=O)Nc1ccc(C(=O)O)cc1. The predicted molar refractivity (Wildman–Crippen MR) is 75.5 cm³/mol. The van der Waals surface area contributed by atoms with E-state index >= 15 is 0 Å². The molecule has 8 heteroatoms. The fourth-order valence-corrected chi connectivity index (χ4v) is 1.84. The van der Waals surface area contributed by atoms with E-state index < -0.39 is 11.9 Å². The molecule has 104 valence electrons. The average Bonchev–Trinajstić information content (AvgIpc) is 2.98. The van der Waals surface area contributed by atoms with E-state index in [2.05, 4.69) is 14.9 Å². The van der Waals surface area contributed by atoms with Crippen LogP contribution in [0.1, 0.15) is 16.1 Å². The zero-order valence-corrected chi connectivity index (χ0v) is 11.3. The van der Waals surface area contributed by atoms with Crippen LogP contribution in [-0.4, -0.2) is 26.6 Å². The molecule has 0 atom stereocenters. The van der Waals surface area contributed by atoms with Crippen molar-refractivity contribution in [2.45, 2.75) is 0 Å². The number of benzene rings is 1. The van der Waals surface area contributed by atoms with Crippen molar-refractivity contribution in [1.82, 2.24) is 9.59 Å². The molecule has 0 saturated heterocycles. The van der Waals surface area contributed by atoms with E-state index in [9.17, 15) is 9.59 Å². The van der Waals surface area contributed by atoms with Gasteiger partial charge in [0.2, 0.25) is 0 Å². The number of hydrogen-bond acceptors (Lipinski definition) is 6. The highest BCUT2D eigenvalue weighted by atomic mass is 32.1. The van der Waals surface area contributed by atoms with Gasteiger partial charge >= 0.3 is 5.97 Å². The minimum atomic E-state index is -1.05. The van der Waals surface area contributed by atoms with Crippen molar-refractivity contribution in [1.29, 1.82) is 5.26 Å². The first-order chi connectivity index (χ1) is 10.1. The number of nitrogens with one attached hydrogen (secondary N) is 1. The van der Waals surface area contributed by atoms with Gasteiger partial charge in [-0.2, -0.15) is 5.26 Å². The van der Waals surface area contributed by atoms with E-state index in [-0.39, 0.29) is 11.1 Å². The van der Waals surface area contributed by atoms with E-state index in [1.54, 1.807) is 11.4 Å². The van der Waals surface area contributed by atoms with Gasteiger partial charge in [-0.25, -0.2) is 4.79 Å². The fraction of sp³-hybridized carbons (Fsp3) is 0. The summed E-state index contributed by atoms with van der Waals surface area (Å²) < 4.78 is 3.63. The molecule has 0 radical (unpaired) electrons. The molecule has 0 unspecified atom stereocenters. The van der Waals surface area contributed by atoms with Gasteiger partial charge in [0.1, 0.15) is 11.6 Å². The Balaban J connectivity index is 2.13. The maximum Gasteiger partial charge on any atom is 0.335 e. The van der Waals surface area contributed by atoms with E-state index in [0.29, 0.717) is 11.4 Å². The van der Waals surface area contributed by atoms with Crippen molar-refractivity contribution < 1.29 is 14.7 Å². The molecule has 1 heterocycles. The molecular formula is C13H8N4O3S. The van der Waals surface area contributed by atoms with Crippen LogP contribution in [0.3, 0.4) is 0 Å². The molecule has 2 N–H and O–H groups in total. The predicted octanol–water partition coefficient (Wildman–Crippen LogP) is 1.78. The first kappa shape index (κ1) is 14.4. The van der Waals surface area contributed by atoms with E-state index in [0.717, 1.165) is 11.5 Å². The number of rotatable bonds is 4. The highest BCUT2D eigenvalue weighted by Crippen LogP contribution is 2.12. The Morgan fingerprint density at radius 1 is 1.33 bits per heavy atom. The number of carbonyl (C=O) groups excluding carboxylic acids is 1. The average molecular weight is 300 g/mol. The maximum atomic E-state index is 11.9. The largest absolute Gasteiger partial charge is 0.478 e. The number of carbonyl (C=O) groups is 2. The second-order valence-electron chi connectivity index (χ2n) is 3.84. The first-order valence-corrected chi connectivity index (χ1v) is 6.47. The molecule has 2 rings (SSSR count). The topological polar surface area (TPSA) is 116 Å². The Bertz CT molecular complexity index is 730. The van der Waals surface area contributed by atoms with Crippen LogP contribution < -0.4 is 5.32 Å². The molecule has 0 aliphatic rings. The molecule has 1 amide bonds. The highest BCUT2D eigenvalue weighted by molar-refractivity contribution is 7.03. The number of amides is 1. The lowest BCUT2D eigenvalue weighted by molar-refractivity contribution is -0.112. The summed E-state index contributed by atoms with van der Waals surface area (Å²) >= 11 is 1.11. The van der Waals surface area contributed by atoms with Gasteiger partial charge in [-0.3, -0.25) is 4.79 Å². The van der Waals surface area contributed by atoms with Crippen LogP contribution in [0.4, 0.5) is 5.69 Å². The third-order valence-corrected chi connectivity index (χ3v) is 2.95. The molecule has 0 aliphatic carbocycles. The Morgan fingerprint density at radius 3 is 2.57 bits per heavy atom. The zero-order valence-electron chi connectivity index (χ0n) is 10.5. The fourth-order valence-electron chi connectivity index (χ4n) is 1.43. The minimum Gasteiger partial charge on any atom is -0.478 e. The molecule has 2 aromatic rings. The highest BCUT2D eigenvalue weighted by Gasteiger charge is 2.11.